The van der Waals surface area contributed by atoms with Crippen LogP contribution < -0.4 is 10.6 Å². The molecule has 17 heavy (non-hydrogen) atoms. The Bertz CT molecular complexity index is 298. The molecule has 0 atom stereocenters. The van der Waals surface area contributed by atoms with Crippen LogP contribution in [-0.2, 0) is 4.79 Å². The number of nitrogens with one attached hydrogen (secondary N) is 2. The normalized spacial score (nSPS) is 12.4. The summed E-state index contributed by atoms with van der Waals surface area (Å²) in [4.78, 5) is 24.3. The first-order chi connectivity index (χ1) is 7.49. The van der Waals surface area contributed by atoms with Gasteiger partial charge in [-0.15, -0.1) is 0 Å². The first-order valence-electron chi connectivity index (χ1n) is 5.46. The lowest BCUT2D eigenvalue weighted by molar-refractivity contribution is -0.142. The van der Waals surface area contributed by atoms with E-state index in [0.29, 0.717) is 6.54 Å². The van der Waals surface area contributed by atoms with Crippen molar-refractivity contribution in [1.82, 2.24) is 15.5 Å². The molecule has 0 heterocycles. The molecule has 0 rings (SSSR count). The number of carbonyl (C=O) groups is 2. The minimum Gasteiger partial charge on any atom is -0.480 e. The van der Waals surface area contributed by atoms with Gasteiger partial charge in [-0.25, -0.2) is 9.59 Å². The van der Waals surface area contributed by atoms with Crippen molar-refractivity contribution in [2.75, 3.05) is 20.6 Å². The monoisotopic (exact) mass is 245 g/mol. The Kier molecular flexibility index (Phi) is 4.94. The van der Waals surface area contributed by atoms with Crippen LogP contribution in [0.4, 0.5) is 4.79 Å². The van der Waals surface area contributed by atoms with Gasteiger partial charge in [0.25, 0.3) is 0 Å². The second-order valence-electron chi connectivity index (χ2n) is 5.44. The molecule has 0 spiro atoms. The number of carboxylic acid groups (broad SMARTS) is 1. The first kappa shape index (κ1) is 15.7. The third-order valence-electron chi connectivity index (χ3n) is 2.85. The van der Waals surface area contributed by atoms with Gasteiger partial charge in [-0.05, 0) is 41.8 Å². The van der Waals surface area contributed by atoms with Crippen LogP contribution in [0.5, 0.6) is 0 Å². The van der Waals surface area contributed by atoms with Gasteiger partial charge in [0, 0.05) is 12.1 Å². The van der Waals surface area contributed by atoms with E-state index in [1.807, 2.05) is 32.8 Å². The van der Waals surface area contributed by atoms with E-state index >= 15 is 0 Å². The summed E-state index contributed by atoms with van der Waals surface area (Å²) in [5, 5.41) is 13.9. The third kappa shape index (κ3) is 5.04. The van der Waals surface area contributed by atoms with Crippen LogP contribution in [0.15, 0.2) is 0 Å². The fourth-order valence-electron chi connectivity index (χ4n) is 0.836. The Morgan fingerprint density at radius 3 is 2.00 bits per heavy atom. The summed E-state index contributed by atoms with van der Waals surface area (Å²) in [6.07, 6.45) is 0. The second-order valence-corrected chi connectivity index (χ2v) is 5.44. The van der Waals surface area contributed by atoms with E-state index in [1.165, 1.54) is 13.8 Å². The van der Waals surface area contributed by atoms with E-state index in [0.717, 1.165) is 0 Å². The maximum absolute atomic E-state index is 11.5. The zero-order valence-electron chi connectivity index (χ0n) is 11.4. The third-order valence-corrected chi connectivity index (χ3v) is 2.85. The van der Waals surface area contributed by atoms with Crippen molar-refractivity contribution in [3.8, 4) is 0 Å². The van der Waals surface area contributed by atoms with Crippen LogP contribution in [-0.4, -0.2) is 53.7 Å². The van der Waals surface area contributed by atoms with E-state index in [4.69, 9.17) is 5.11 Å². The Labute approximate surface area is 102 Å². The highest BCUT2D eigenvalue weighted by Gasteiger charge is 2.29. The topological polar surface area (TPSA) is 81.7 Å². The summed E-state index contributed by atoms with van der Waals surface area (Å²) in [6.45, 7) is 7.27. The maximum Gasteiger partial charge on any atom is 0.328 e. The van der Waals surface area contributed by atoms with Crippen molar-refractivity contribution in [2.24, 2.45) is 0 Å². The van der Waals surface area contributed by atoms with Gasteiger partial charge in [-0.1, -0.05) is 0 Å². The lowest BCUT2D eigenvalue weighted by Gasteiger charge is -2.33. The number of aliphatic carboxylic acids is 1. The summed E-state index contributed by atoms with van der Waals surface area (Å²) in [5.41, 5.74) is -1.46. The molecule has 0 aliphatic carbocycles. The van der Waals surface area contributed by atoms with Crippen LogP contribution in [0, 0.1) is 0 Å². The molecule has 0 saturated heterocycles. The number of nitrogens with zero attached hydrogens (tertiary/aromatic N) is 1. The number of carbonyl (C=O) groups excluding carboxylic acids is 1. The molecule has 2 amide bonds. The molecule has 0 aromatic rings. The highest BCUT2D eigenvalue weighted by Crippen LogP contribution is 2.08. The van der Waals surface area contributed by atoms with Gasteiger partial charge in [0.15, 0.2) is 0 Å². The van der Waals surface area contributed by atoms with E-state index in [-0.39, 0.29) is 5.54 Å². The average Bonchev–Trinajstić information content (AvgIpc) is 2.13. The lowest BCUT2D eigenvalue weighted by atomic mass is 10.0. The molecule has 0 aliphatic heterocycles. The molecule has 0 aromatic heterocycles. The summed E-state index contributed by atoms with van der Waals surface area (Å²) < 4.78 is 0. The number of likely N-dealkylation sites (N-methyl/N-ethyl adjacent to an activating group) is 1. The zero-order chi connectivity index (χ0) is 13.9. The zero-order valence-corrected chi connectivity index (χ0v) is 11.4. The van der Waals surface area contributed by atoms with Crippen molar-refractivity contribution >= 4 is 12.0 Å². The Hall–Kier alpha value is -1.30. The molecule has 0 aromatic carbocycles. The largest absolute Gasteiger partial charge is 0.480 e. The van der Waals surface area contributed by atoms with Crippen LogP contribution >= 0.6 is 0 Å². The molecule has 0 radical (unpaired) electrons. The smallest absolute Gasteiger partial charge is 0.328 e. The second kappa shape index (κ2) is 5.35. The Balaban J connectivity index is 4.27. The quantitative estimate of drug-likeness (QED) is 0.658. The molecule has 0 saturated carbocycles. The first-order valence-corrected chi connectivity index (χ1v) is 5.46. The van der Waals surface area contributed by atoms with E-state index in [2.05, 4.69) is 10.6 Å². The van der Waals surface area contributed by atoms with Crippen molar-refractivity contribution in [1.29, 1.82) is 0 Å². The molecule has 3 N–H and O–H groups in total. The maximum atomic E-state index is 11.5. The predicted octanol–water partition coefficient (Wildman–Crippen LogP) is 0.489. The van der Waals surface area contributed by atoms with Gasteiger partial charge in [-0.3, -0.25) is 0 Å². The summed E-state index contributed by atoms with van der Waals surface area (Å²) in [7, 11) is 3.83. The van der Waals surface area contributed by atoms with Crippen LogP contribution in [0.2, 0.25) is 0 Å². The fourth-order valence-corrected chi connectivity index (χ4v) is 0.836. The summed E-state index contributed by atoms with van der Waals surface area (Å²) >= 11 is 0. The molecule has 0 bridgehead atoms. The predicted molar refractivity (Wildman–Crippen MR) is 66.0 cm³/mol. The van der Waals surface area contributed by atoms with Crippen LogP contribution in [0.1, 0.15) is 27.7 Å². The molecule has 0 aliphatic rings. The van der Waals surface area contributed by atoms with Gasteiger partial charge in [0.05, 0.1) is 0 Å². The number of carboxylic acids is 1. The minimum absolute atomic E-state index is 0.190. The highest BCUT2D eigenvalue weighted by atomic mass is 16.4. The van der Waals surface area contributed by atoms with Gasteiger partial charge in [0.2, 0.25) is 0 Å². The van der Waals surface area contributed by atoms with Gasteiger partial charge in [-0.2, -0.15) is 0 Å². The number of hydrogen-bond acceptors (Lipinski definition) is 3. The van der Waals surface area contributed by atoms with E-state index < -0.39 is 17.5 Å². The average molecular weight is 245 g/mol. The van der Waals surface area contributed by atoms with Crippen molar-refractivity contribution in [2.45, 2.75) is 38.8 Å². The number of urea groups is 1. The molecular formula is C11H23N3O3. The number of hydrogen-bond donors (Lipinski definition) is 3. The Morgan fingerprint density at radius 1 is 1.18 bits per heavy atom. The van der Waals surface area contributed by atoms with Gasteiger partial charge < -0.3 is 20.6 Å². The van der Waals surface area contributed by atoms with Crippen molar-refractivity contribution in [3.05, 3.63) is 0 Å². The molecule has 6 nitrogen and oxygen atoms in total. The van der Waals surface area contributed by atoms with Crippen LogP contribution in [0.3, 0.4) is 0 Å². The van der Waals surface area contributed by atoms with E-state index in [1.54, 1.807) is 0 Å². The van der Waals surface area contributed by atoms with Gasteiger partial charge in [0.1, 0.15) is 5.54 Å². The summed E-state index contributed by atoms with van der Waals surface area (Å²) in [5.74, 6) is -1.07. The van der Waals surface area contributed by atoms with Crippen LogP contribution in [0.25, 0.3) is 0 Å². The molecule has 6 heteroatoms. The number of amides is 2. The molecular weight excluding hydrogens is 222 g/mol. The summed E-state index contributed by atoms with van der Waals surface area (Å²) in [6, 6.07) is -0.479. The minimum atomic E-state index is -1.27. The van der Waals surface area contributed by atoms with Gasteiger partial charge >= 0.3 is 12.0 Å². The Morgan fingerprint density at radius 2 is 1.65 bits per heavy atom. The molecule has 0 fully saturated rings. The van der Waals surface area contributed by atoms with Crippen molar-refractivity contribution in [3.63, 3.8) is 0 Å². The van der Waals surface area contributed by atoms with Crippen molar-refractivity contribution < 1.29 is 14.7 Å². The number of rotatable bonds is 5. The van der Waals surface area contributed by atoms with E-state index in [9.17, 15) is 9.59 Å². The molecule has 100 valence electrons. The molecule has 0 unspecified atom stereocenters. The lowest BCUT2D eigenvalue weighted by Crippen LogP contribution is -2.56. The fraction of sp³-hybridized carbons (Fsp3) is 0.818. The standard InChI is InChI=1S/C11H23N3O3/c1-10(2,14(5)6)7-12-9(17)13-11(3,4)8(15)16/h7H2,1-6H3,(H,15,16)(H2,12,13,17). The highest BCUT2D eigenvalue weighted by molar-refractivity contribution is 5.85. The SMILES string of the molecule is CN(C)C(C)(C)CNC(=O)NC(C)(C)C(=O)O.